The zero-order valence-corrected chi connectivity index (χ0v) is 18.2. The molecule has 2 N–H and O–H groups in total. The first-order valence-electron chi connectivity index (χ1n) is 10.5. The van der Waals surface area contributed by atoms with Gasteiger partial charge >= 0.3 is 5.97 Å². The van der Waals surface area contributed by atoms with Crippen molar-refractivity contribution in [2.45, 2.75) is 19.4 Å². The molecule has 1 unspecified atom stereocenters. The van der Waals surface area contributed by atoms with Gasteiger partial charge in [-0.05, 0) is 31.2 Å². The lowest BCUT2D eigenvalue weighted by Gasteiger charge is -2.29. The van der Waals surface area contributed by atoms with Crippen LogP contribution in [0, 0.1) is 0 Å². The Bertz CT molecular complexity index is 1260. The molecule has 0 saturated carbocycles. The van der Waals surface area contributed by atoms with E-state index in [2.05, 4.69) is 5.32 Å². The summed E-state index contributed by atoms with van der Waals surface area (Å²) < 4.78 is 34.1. The minimum atomic E-state index is -2.78. The molecule has 174 valence electrons. The molecule has 8 nitrogen and oxygen atoms in total. The summed E-state index contributed by atoms with van der Waals surface area (Å²) in [5, 5.41) is 12.7. The van der Waals surface area contributed by atoms with Gasteiger partial charge in [-0.25, -0.2) is 18.6 Å². The second-order valence-corrected chi connectivity index (χ2v) is 7.90. The van der Waals surface area contributed by atoms with Crippen LogP contribution < -0.4 is 15.8 Å². The van der Waals surface area contributed by atoms with Gasteiger partial charge in [-0.3, -0.25) is 9.36 Å². The second kappa shape index (κ2) is 9.14. The number of rotatable bonds is 6. The van der Waals surface area contributed by atoms with Crippen molar-refractivity contribution in [3.63, 3.8) is 0 Å². The third kappa shape index (κ3) is 4.38. The first-order valence-corrected chi connectivity index (χ1v) is 10.5. The predicted molar refractivity (Wildman–Crippen MR) is 120 cm³/mol. The Morgan fingerprint density at radius 2 is 1.91 bits per heavy atom. The number of morpholine rings is 1. The summed E-state index contributed by atoms with van der Waals surface area (Å²) in [5.74, 6) is -0.682. The maximum Gasteiger partial charge on any atom is 0.337 e. The molecule has 1 aliphatic rings. The number of carbonyl (C=O) groups is 1. The molecule has 1 fully saturated rings. The molecule has 1 saturated heterocycles. The first kappa shape index (κ1) is 22.7. The van der Waals surface area contributed by atoms with E-state index in [1.807, 2.05) is 4.90 Å². The normalized spacial score (nSPS) is 15.1. The van der Waals surface area contributed by atoms with Crippen LogP contribution in [0.2, 0.25) is 0 Å². The highest BCUT2D eigenvalue weighted by Crippen LogP contribution is 2.32. The number of hydrogen-bond acceptors (Lipinski definition) is 6. The molecule has 1 aromatic heterocycles. The Morgan fingerprint density at radius 3 is 2.58 bits per heavy atom. The number of nitrogens with one attached hydrogen (secondary N) is 1. The van der Waals surface area contributed by atoms with E-state index in [0.29, 0.717) is 49.0 Å². The molecule has 0 aliphatic carbocycles. The van der Waals surface area contributed by atoms with Crippen LogP contribution in [-0.4, -0.2) is 46.9 Å². The number of para-hydroxylation sites is 1. The minimum Gasteiger partial charge on any atom is -0.478 e. The van der Waals surface area contributed by atoms with Crippen molar-refractivity contribution in [2.75, 3.05) is 36.5 Å². The summed E-state index contributed by atoms with van der Waals surface area (Å²) in [6.07, 6.45) is -2.78. The molecule has 3 aromatic rings. The molecule has 0 spiro atoms. The summed E-state index contributed by atoms with van der Waals surface area (Å²) in [7, 11) is 1.57. The van der Waals surface area contributed by atoms with Crippen LogP contribution in [-0.2, 0) is 11.8 Å². The highest BCUT2D eigenvalue weighted by molar-refractivity contribution is 5.94. The number of ether oxygens (including phenoxy) is 1. The van der Waals surface area contributed by atoms with Gasteiger partial charge in [-0.15, -0.1) is 0 Å². The lowest BCUT2D eigenvalue weighted by molar-refractivity contribution is 0.0698. The van der Waals surface area contributed by atoms with E-state index >= 15 is 0 Å². The van der Waals surface area contributed by atoms with Crippen molar-refractivity contribution < 1.29 is 23.4 Å². The van der Waals surface area contributed by atoms with Gasteiger partial charge in [0.1, 0.15) is 0 Å². The molecule has 1 atom stereocenters. The van der Waals surface area contributed by atoms with Crippen molar-refractivity contribution >= 4 is 28.5 Å². The lowest BCUT2D eigenvalue weighted by Crippen LogP contribution is -2.40. The fourth-order valence-electron chi connectivity index (χ4n) is 4.02. The van der Waals surface area contributed by atoms with Crippen LogP contribution in [0.3, 0.4) is 0 Å². The van der Waals surface area contributed by atoms with E-state index in [0.717, 1.165) is 0 Å². The van der Waals surface area contributed by atoms with Gasteiger partial charge in [-0.2, -0.15) is 0 Å². The van der Waals surface area contributed by atoms with Crippen LogP contribution >= 0.6 is 0 Å². The SMILES string of the molecule is CC(Nc1ccccc1C(=O)O)c1cc(C(F)F)cc2c(=O)n(C)c(N3CCOCC3)nc12. The molecule has 0 bridgehead atoms. The van der Waals surface area contributed by atoms with Crippen molar-refractivity contribution in [2.24, 2.45) is 7.05 Å². The predicted octanol–water partition coefficient (Wildman–Crippen LogP) is 3.58. The van der Waals surface area contributed by atoms with Gasteiger partial charge < -0.3 is 20.1 Å². The van der Waals surface area contributed by atoms with Crippen LogP contribution in [0.15, 0.2) is 41.2 Å². The van der Waals surface area contributed by atoms with Gasteiger partial charge in [0, 0.05) is 37.0 Å². The quantitative estimate of drug-likeness (QED) is 0.583. The standard InChI is InChI=1S/C23H24F2N4O4/c1-13(26-18-6-4-3-5-15(18)22(31)32)16-11-14(20(24)25)12-17-19(16)27-23(28(2)21(17)30)29-7-9-33-10-8-29/h3-6,11-13,20,26H,7-10H2,1-2H3,(H,31,32). The van der Waals surface area contributed by atoms with Gasteiger partial charge in [-0.1, -0.05) is 12.1 Å². The molecule has 0 radical (unpaired) electrons. The number of benzene rings is 2. The Morgan fingerprint density at radius 1 is 1.21 bits per heavy atom. The smallest absolute Gasteiger partial charge is 0.337 e. The third-order valence-corrected chi connectivity index (χ3v) is 5.75. The number of carboxylic acids is 1. The zero-order valence-electron chi connectivity index (χ0n) is 18.2. The van der Waals surface area contributed by atoms with E-state index in [1.54, 1.807) is 32.2 Å². The van der Waals surface area contributed by atoms with Gasteiger partial charge in [0.25, 0.3) is 12.0 Å². The van der Waals surface area contributed by atoms with Gasteiger partial charge in [0.05, 0.1) is 35.7 Å². The van der Waals surface area contributed by atoms with Crippen molar-refractivity contribution in [3.8, 4) is 0 Å². The number of nitrogens with zero attached hydrogens (tertiary/aromatic N) is 3. The van der Waals surface area contributed by atoms with E-state index in [-0.39, 0.29) is 16.5 Å². The number of alkyl halides is 2. The summed E-state index contributed by atoms with van der Waals surface area (Å²) >= 11 is 0. The molecule has 2 aromatic carbocycles. The monoisotopic (exact) mass is 458 g/mol. The van der Waals surface area contributed by atoms with E-state index in [9.17, 15) is 23.5 Å². The molecule has 0 amide bonds. The maximum atomic E-state index is 13.7. The Hall–Kier alpha value is -3.53. The number of carboxylic acid groups (broad SMARTS) is 1. The van der Waals surface area contributed by atoms with E-state index in [1.165, 1.54) is 22.8 Å². The molecule has 4 rings (SSSR count). The number of hydrogen-bond donors (Lipinski definition) is 2. The van der Waals surface area contributed by atoms with E-state index < -0.39 is 24.0 Å². The van der Waals surface area contributed by atoms with E-state index in [4.69, 9.17) is 9.72 Å². The first-order chi connectivity index (χ1) is 15.8. The third-order valence-electron chi connectivity index (χ3n) is 5.75. The topological polar surface area (TPSA) is 96.7 Å². The summed E-state index contributed by atoms with van der Waals surface area (Å²) in [5.41, 5.74) is 0.355. The molecular formula is C23H24F2N4O4. The number of aromatic nitrogens is 2. The molecular weight excluding hydrogens is 434 g/mol. The summed E-state index contributed by atoms with van der Waals surface area (Å²) in [6.45, 7) is 3.81. The zero-order chi connectivity index (χ0) is 23.7. The fraction of sp³-hybridized carbons (Fsp3) is 0.348. The number of fused-ring (bicyclic) bond motifs is 1. The molecule has 2 heterocycles. The average Bonchev–Trinajstić information content (AvgIpc) is 2.81. The summed E-state index contributed by atoms with van der Waals surface area (Å²) in [6, 6.07) is 8.24. The highest BCUT2D eigenvalue weighted by Gasteiger charge is 2.23. The highest BCUT2D eigenvalue weighted by atomic mass is 19.3. The average molecular weight is 458 g/mol. The number of aromatic carboxylic acids is 1. The van der Waals surface area contributed by atoms with Crippen LogP contribution in [0.4, 0.5) is 20.4 Å². The Balaban J connectivity index is 1.87. The van der Waals surface area contributed by atoms with Crippen LogP contribution in [0.5, 0.6) is 0 Å². The van der Waals surface area contributed by atoms with Crippen molar-refractivity contribution in [1.82, 2.24) is 9.55 Å². The summed E-state index contributed by atoms with van der Waals surface area (Å²) in [4.78, 5) is 31.4. The molecule has 1 aliphatic heterocycles. The van der Waals surface area contributed by atoms with Crippen molar-refractivity contribution in [3.05, 3.63) is 63.4 Å². The largest absolute Gasteiger partial charge is 0.478 e. The van der Waals surface area contributed by atoms with Crippen LogP contribution in [0.1, 0.15) is 40.9 Å². The van der Waals surface area contributed by atoms with Gasteiger partial charge in [0.2, 0.25) is 5.95 Å². The van der Waals surface area contributed by atoms with Crippen molar-refractivity contribution in [1.29, 1.82) is 0 Å². The second-order valence-electron chi connectivity index (χ2n) is 7.90. The maximum absolute atomic E-state index is 13.7. The molecule has 33 heavy (non-hydrogen) atoms. The minimum absolute atomic E-state index is 0.0524. The number of anilines is 2. The lowest BCUT2D eigenvalue weighted by atomic mass is 10.00. The van der Waals surface area contributed by atoms with Crippen LogP contribution in [0.25, 0.3) is 10.9 Å². The van der Waals surface area contributed by atoms with Gasteiger partial charge in [0.15, 0.2) is 0 Å². The molecule has 10 heteroatoms. The Kier molecular flexibility index (Phi) is 6.28. The number of halogens is 2. The fourth-order valence-corrected chi connectivity index (χ4v) is 4.02. The Labute approximate surface area is 188 Å².